The van der Waals surface area contributed by atoms with E-state index in [1.807, 2.05) is 24.3 Å². The lowest BCUT2D eigenvalue weighted by Gasteiger charge is -2.36. The molecule has 7 heteroatoms. The highest BCUT2D eigenvalue weighted by atomic mass is 16.5. The third-order valence-corrected chi connectivity index (χ3v) is 6.52. The lowest BCUT2D eigenvalue weighted by Crippen LogP contribution is -2.41. The van der Waals surface area contributed by atoms with Gasteiger partial charge in [-0.1, -0.05) is 12.1 Å². The molecule has 2 aliphatic heterocycles. The van der Waals surface area contributed by atoms with Gasteiger partial charge in [-0.3, -0.25) is 4.79 Å². The van der Waals surface area contributed by atoms with Gasteiger partial charge in [0, 0.05) is 56.1 Å². The number of imidazole rings is 1. The van der Waals surface area contributed by atoms with Crippen LogP contribution < -0.4 is 15.5 Å². The second-order valence-corrected chi connectivity index (χ2v) is 8.41. The largest absolute Gasteiger partial charge is 0.381 e. The number of hydrogen-bond donors (Lipinski definition) is 3. The Morgan fingerprint density at radius 2 is 1.97 bits per heavy atom. The third-order valence-electron chi connectivity index (χ3n) is 6.52. The van der Waals surface area contributed by atoms with Gasteiger partial charge in [0.2, 0.25) is 5.91 Å². The van der Waals surface area contributed by atoms with E-state index < -0.39 is 0 Å². The number of benzene rings is 2. The molecular weight excluding hydrogens is 402 g/mol. The molecule has 0 saturated carbocycles. The Bertz CT molecular complexity index is 1060. The lowest BCUT2D eigenvalue weighted by molar-refractivity contribution is -0.118. The molecular formula is C25H29N5O2. The van der Waals surface area contributed by atoms with E-state index in [9.17, 15) is 4.79 Å². The van der Waals surface area contributed by atoms with Gasteiger partial charge in [-0.15, -0.1) is 0 Å². The highest BCUT2D eigenvalue weighted by Crippen LogP contribution is 2.33. The van der Waals surface area contributed by atoms with Crippen molar-refractivity contribution in [1.82, 2.24) is 15.3 Å². The number of methoxy groups -OCH3 is 1. The summed E-state index contributed by atoms with van der Waals surface area (Å²) >= 11 is 0. The van der Waals surface area contributed by atoms with Crippen molar-refractivity contribution < 1.29 is 9.53 Å². The molecule has 0 aliphatic carbocycles. The molecule has 0 radical (unpaired) electrons. The summed E-state index contributed by atoms with van der Waals surface area (Å²) in [6.45, 7) is 2.76. The molecule has 2 aliphatic rings. The topological polar surface area (TPSA) is 82.3 Å². The summed E-state index contributed by atoms with van der Waals surface area (Å²) in [5.41, 5.74) is 5.38. The molecule has 3 heterocycles. The van der Waals surface area contributed by atoms with Crippen LogP contribution in [-0.2, 0) is 16.0 Å². The number of nitrogens with one attached hydrogen (secondary N) is 3. The number of rotatable bonds is 5. The fourth-order valence-corrected chi connectivity index (χ4v) is 4.80. The predicted octanol–water partition coefficient (Wildman–Crippen LogP) is 3.52. The van der Waals surface area contributed by atoms with Crippen molar-refractivity contribution in [3.8, 4) is 11.4 Å². The van der Waals surface area contributed by atoms with Crippen molar-refractivity contribution in [2.24, 2.45) is 0 Å². The van der Waals surface area contributed by atoms with Crippen molar-refractivity contribution in [3.05, 3.63) is 66.0 Å². The van der Waals surface area contributed by atoms with Gasteiger partial charge in [-0.25, -0.2) is 4.98 Å². The molecule has 1 fully saturated rings. The summed E-state index contributed by atoms with van der Waals surface area (Å²) in [6.07, 6.45) is 6.88. The Kier molecular flexibility index (Phi) is 5.92. The molecule has 0 spiro atoms. The van der Waals surface area contributed by atoms with Crippen LogP contribution >= 0.6 is 0 Å². The molecule has 0 bridgehead atoms. The fraction of sp³-hybridized carbons (Fsp3) is 0.360. The average Bonchev–Trinajstić information content (AvgIpc) is 3.39. The van der Waals surface area contributed by atoms with Crippen LogP contribution in [0, 0.1) is 0 Å². The molecule has 1 amide bonds. The van der Waals surface area contributed by atoms with E-state index in [2.05, 4.69) is 43.7 Å². The van der Waals surface area contributed by atoms with Crippen molar-refractivity contribution in [1.29, 1.82) is 0 Å². The van der Waals surface area contributed by atoms with Gasteiger partial charge in [0.05, 0.1) is 6.10 Å². The summed E-state index contributed by atoms with van der Waals surface area (Å²) < 4.78 is 5.53. The summed E-state index contributed by atoms with van der Waals surface area (Å²) in [5, 5.41) is 6.49. The van der Waals surface area contributed by atoms with E-state index in [4.69, 9.17) is 4.74 Å². The molecule has 1 saturated heterocycles. The molecule has 7 nitrogen and oxygen atoms in total. The number of hydrogen-bond acceptors (Lipinski definition) is 5. The van der Waals surface area contributed by atoms with Crippen LogP contribution in [0.4, 0.5) is 11.4 Å². The van der Waals surface area contributed by atoms with Crippen LogP contribution in [-0.4, -0.2) is 48.7 Å². The number of carbonyl (C=O) groups excluding carboxylic acids is 1. The molecule has 3 N–H and O–H groups in total. The Morgan fingerprint density at radius 1 is 1.16 bits per heavy atom. The minimum Gasteiger partial charge on any atom is -0.381 e. The van der Waals surface area contributed by atoms with Crippen LogP contribution in [0.3, 0.4) is 0 Å². The highest BCUT2D eigenvalue weighted by Gasteiger charge is 2.29. The molecule has 166 valence electrons. The minimum atomic E-state index is -0.361. The summed E-state index contributed by atoms with van der Waals surface area (Å²) in [4.78, 5) is 23.0. The Balaban J connectivity index is 1.32. The molecule has 1 atom stereocenters. The number of aromatic amines is 1. The van der Waals surface area contributed by atoms with Crippen LogP contribution in [0.15, 0.2) is 54.9 Å². The Hall–Kier alpha value is -3.16. The zero-order chi connectivity index (χ0) is 21.9. The number of H-pyrrole nitrogens is 1. The standard InChI is InChI=1S/C25H29N5O2/c1-32-19-10-15-30(16-11-19)22-4-2-3-21-20(22)9-12-26-23(21)25(31)29-18-7-5-17(6-8-18)24-27-13-14-28-24/h2-8,13-14,19,23,26H,9-12,15-16H2,1H3,(H,27,28)(H,29,31). The smallest absolute Gasteiger partial charge is 0.246 e. The van der Waals surface area contributed by atoms with E-state index in [1.54, 1.807) is 19.5 Å². The molecule has 5 rings (SSSR count). The molecule has 3 aromatic rings. The van der Waals surface area contributed by atoms with Crippen molar-refractivity contribution in [2.75, 3.05) is 37.0 Å². The number of aromatic nitrogens is 2. The maximum absolute atomic E-state index is 13.2. The SMILES string of the molecule is COC1CCN(c2cccc3c2CCNC3C(=O)Nc2ccc(-c3ncc[nH]3)cc2)CC1. The number of piperidine rings is 1. The predicted molar refractivity (Wildman–Crippen MR) is 126 cm³/mol. The number of amides is 1. The first-order valence-corrected chi connectivity index (χ1v) is 11.3. The number of nitrogens with zero attached hydrogens (tertiary/aromatic N) is 2. The van der Waals surface area contributed by atoms with Gasteiger partial charge in [-0.05, 0) is 60.7 Å². The zero-order valence-corrected chi connectivity index (χ0v) is 18.3. The second kappa shape index (κ2) is 9.14. The maximum atomic E-state index is 13.2. The Labute approximate surface area is 188 Å². The maximum Gasteiger partial charge on any atom is 0.246 e. The van der Waals surface area contributed by atoms with Crippen LogP contribution in [0.5, 0.6) is 0 Å². The average molecular weight is 432 g/mol. The molecule has 1 unspecified atom stereocenters. The molecule has 1 aromatic heterocycles. The van der Waals surface area contributed by atoms with Crippen molar-refractivity contribution in [3.63, 3.8) is 0 Å². The third kappa shape index (κ3) is 4.13. The summed E-state index contributed by atoms with van der Waals surface area (Å²) in [7, 11) is 1.80. The first kappa shape index (κ1) is 20.7. The zero-order valence-electron chi connectivity index (χ0n) is 18.3. The summed E-state index contributed by atoms with van der Waals surface area (Å²) in [5.74, 6) is 0.778. The summed E-state index contributed by atoms with van der Waals surface area (Å²) in [6, 6.07) is 13.7. The number of ether oxygens (including phenoxy) is 1. The van der Waals surface area contributed by atoms with E-state index in [0.717, 1.165) is 61.5 Å². The monoisotopic (exact) mass is 431 g/mol. The van der Waals surface area contributed by atoms with Gasteiger partial charge in [0.15, 0.2) is 0 Å². The normalized spacial score (nSPS) is 18.9. The minimum absolute atomic E-state index is 0.0352. The fourth-order valence-electron chi connectivity index (χ4n) is 4.80. The number of anilines is 2. The van der Waals surface area contributed by atoms with E-state index >= 15 is 0 Å². The number of carbonyl (C=O) groups is 1. The second-order valence-electron chi connectivity index (χ2n) is 8.41. The van der Waals surface area contributed by atoms with Gasteiger partial charge >= 0.3 is 0 Å². The van der Waals surface area contributed by atoms with Gasteiger partial charge < -0.3 is 25.3 Å². The highest BCUT2D eigenvalue weighted by molar-refractivity contribution is 5.96. The molecule has 32 heavy (non-hydrogen) atoms. The quantitative estimate of drug-likeness (QED) is 0.576. The van der Waals surface area contributed by atoms with Crippen LogP contribution in [0.1, 0.15) is 30.0 Å². The van der Waals surface area contributed by atoms with E-state index in [1.165, 1.54) is 11.3 Å². The Morgan fingerprint density at radius 3 is 2.69 bits per heavy atom. The van der Waals surface area contributed by atoms with E-state index in [-0.39, 0.29) is 11.9 Å². The van der Waals surface area contributed by atoms with Crippen molar-refractivity contribution >= 4 is 17.3 Å². The van der Waals surface area contributed by atoms with Crippen LogP contribution in [0.25, 0.3) is 11.4 Å². The van der Waals surface area contributed by atoms with Gasteiger partial charge in [-0.2, -0.15) is 0 Å². The van der Waals surface area contributed by atoms with Gasteiger partial charge in [0.1, 0.15) is 11.9 Å². The van der Waals surface area contributed by atoms with Crippen molar-refractivity contribution in [2.45, 2.75) is 31.4 Å². The van der Waals surface area contributed by atoms with E-state index in [0.29, 0.717) is 6.10 Å². The van der Waals surface area contributed by atoms with Crippen LogP contribution in [0.2, 0.25) is 0 Å². The lowest BCUT2D eigenvalue weighted by atomic mass is 9.91. The number of fused-ring (bicyclic) bond motifs is 1. The first-order chi connectivity index (χ1) is 15.7. The first-order valence-electron chi connectivity index (χ1n) is 11.3. The van der Waals surface area contributed by atoms with Gasteiger partial charge in [0.25, 0.3) is 0 Å². The molecule has 2 aromatic carbocycles.